The second-order valence-electron chi connectivity index (χ2n) is 1.90. The van der Waals surface area contributed by atoms with E-state index in [1.54, 1.807) is 0 Å². The summed E-state index contributed by atoms with van der Waals surface area (Å²) < 4.78 is 20.6. The lowest BCUT2D eigenvalue weighted by Gasteiger charge is -2.03. The highest BCUT2D eigenvalue weighted by molar-refractivity contribution is 7.79. The van der Waals surface area contributed by atoms with Crippen molar-refractivity contribution in [3.05, 3.63) is 23.9 Å². The Morgan fingerprint density at radius 3 is 2.73 bits per heavy atom. The molecule has 11 heavy (non-hydrogen) atoms. The Balaban J connectivity index is 2.91. The standard InChI is InChI=1S/C6H7NO3S/c8-4-5-1-2-6(7-3-5)11(9)10/h1-3,8H,4H2,(H,9,10)/p-1. The Kier molecular flexibility index (Phi) is 2.70. The van der Waals surface area contributed by atoms with Gasteiger partial charge < -0.3 is 9.66 Å². The van der Waals surface area contributed by atoms with Crippen molar-refractivity contribution in [2.24, 2.45) is 0 Å². The third-order valence-corrected chi connectivity index (χ3v) is 1.73. The normalized spacial score (nSPS) is 12.9. The van der Waals surface area contributed by atoms with Gasteiger partial charge in [0.1, 0.15) is 5.03 Å². The van der Waals surface area contributed by atoms with Crippen molar-refractivity contribution in [1.29, 1.82) is 0 Å². The van der Waals surface area contributed by atoms with E-state index in [4.69, 9.17) is 5.11 Å². The fourth-order valence-electron chi connectivity index (χ4n) is 0.603. The third kappa shape index (κ3) is 2.07. The maximum atomic E-state index is 10.3. The van der Waals surface area contributed by atoms with E-state index in [9.17, 15) is 8.76 Å². The van der Waals surface area contributed by atoms with Crippen LogP contribution in [0.2, 0.25) is 0 Å². The Morgan fingerprint density at radius 1 is 1.64 bits per heavy atom. The lowest BCUT2D eigenvalue weighted by atomic mass is 10.3. The summed E-state index contributed by atoms with van der Waals surface area (Å²) in [6.07, 6.45) is 1.32. The first-order valence-corrected chi connectivity index (χ1v) is 3.96. The maximum Gasteiger partial charge on any atom is 0.113 e. The molecule has 1 aromatic heterocycles. The quantitative estimate of drug-likeness (QED) is 0.627. The van der Waals surface area contributed by atoms with Crippen LogP contribution in [0.1, 0.15) is 5.56 Å². The van der Waals surface area contributed by atoms with E-state index in [1.807, 2.05) is 0 Å². The molecule has 1 heterocycles. The number of nitrogens with zero attached hydrogens (tertiary/aromatic N) is 1. The first-order valence-electron chi connectivity index (χ1n) is 2.89. The fourth-order valence-corrected chi connectivity index (χ4v) is 0.921. The molecule has 0 aliphatic carbocycles. The van der Waals surface area contributed by atoms with Crippen molar-refractivity contribution in [1.82, 2.24) is 4.98 Å². The van der Waals surface area contributed by atoms with Crippen molar-refractivity contribution in [3.63, 3.8) is 0 Å². The largest absolute Gasteiger partial charge is 0.767 e. The van der Waals surface area contributed by atoms with Crippen molar-refractivity contribution in [2.75, 3.05) is 0 Å². The fraction of sp³-hybridized carbons (Fsp3) is 0.167. The van der Waals surface area contributed by atoms with Gasteiger partial charge in [0.15, 0.2) is 0 Å². The minimum Gasteiger partial charge on any atom is -0.767 e. The van der Waals surface area contributed by atoms with Crippen LogP contribution in [0, 0.1) is 0 Å². The summed E-state index contributed by atoms with van der Waals surface area (Å²) in [7, 11) is 0. The molecule has 5 heteroatoms. The van der Waals surface area contributed by atoms with Crippen LogP contribution in [0.3, 0.4) is 0 Å². The van der Waals surface area contributed by atoms with E-state index in [0.717, 1.165) is 0 Å². The summed E-state index contributed by atoms with van der Waals surface area (Å²) in [5.74, 6) is 0. The molecule has 0 fully saturated rings. The summed E-state index contributed by atoms with van der Waals surface area (Å²) in [5, 5.41) is 8.56. The predicted octanol–water partition coefficient (Wildman–Crippen LogP) is -0.188. The average Bonchev–Trinajstić information content (AvgIpc) is 2.05. The molecule has 1 aromatic rings. The second kappa shape index (κ2) is 3.56. The van der Waals surface area contributed by atoms with Crippen LogP contribution in [0.25, 0.3) is 0 Å². The minimum atomic E-state index is -2.28. The van der Waals surface area contributed by atoms with Gasteiger partial charge >= 0.3 is 0 Å². The van der Waals surface area contributed by atoms with E-state index < -0.39 is 11.1 Å². The molecular formula is C6H6NO3S-. The predicted molar refractivity (Wildman–Crippen MR) is 37.3 cm³/mol. The highest BCUT2D eigenvalue weighted by Crippen LogP contribution is 2.02. The van der Waals surface area contributed by atoms with Gasteiger partial charge in [0.2, 0.25) is 0 Å². The number of aromatic nitrogens is 1. The molecule has 0 amide bonds. The number of aliphatic hydroxyl groups is 1. The van der Waals surface area contributed by atoms with Gasteiger partial charge in [0.25, 0.3) is 0 Å². The van der Waals surface area contributed by atoms with Crippen LogP contribution in [-0.2, 0) is 17.7 Å². The first kappa shape index (κ1) is 8.32. The highest BCUT2D eigenvalue weighted by atomic mass is 32.2. The Bertz CT molecular complexity index is 259. The molecule has 0 saturated heterocycles. The van der Waals surface area contributed by atoms with E-state index in [1.165, 1.54) is 18.3 Å². The van der Waals surface area contributed by atoms with Crippen LogP contribution in [-0.4, -0.2) is 18.9 Å². The van der Waals surface area contributed by atoms with Gasteiger partial charge in [0.05, 0.1) is 6.61 Å². The summed E-state index contributed by atoms with van der Waals surface area (Å²) in [6.45, 7) is -0.126. The van der Waals surface area contributed by atoms with Gasteiger partial charge in [-0.15, -0.1) is 0 Å². The van der Waals surface area contributed by atoms with E-state index in [0.29, 0.717) is 5.56 Å². The van der Waals surface area contributed by atoms with Crippen molar-refractivity contribution in [3.8, 4) is 0 Å². The highest BCUT2D eigenvalue weighted by Gasteiger charge is 1.93. The summed E-state index contributed by atoms with van der Waals surface area (Å²) in [4.78, 5) is 3.58. The smallest absolute Gasteiger partial charge is 0.113 e. The summed E-state index contributed by atoms with van der Waals surface area (Å²) in [6, 6.07) is 2.85. The molecule has 0 aromatic carbocycles. The molecule has 1 atom stereocenters. The molecule has 0 saturated carbocycles. The van der Waals surface area contributed by atoms with Gasteiger partial charge in [-0.05, 0) is 22.7 Å². The second-order valence-corrected chi connectivity index (χ2v) is 2.79. The van der Waals surface area contributed by atoms with E-state index in [-0.39, 0.29) is 11.6 Å². The Morgan fingerprint density at radius 2 is 2.36 bits per heavy atom. The molecule has 60 valence electrons. The van der Waals surface area contributed by atoms with E-state index >= 15 is 0 Å². The molecule has 1 rings (SSSR count). The SMILES string of the molecule is O=S([O-])c1ccc(CO)cn1. The Hall–Kier alpha value is -0.780. The van der Waals surface area contributed by atoms with Crippen LogP contribution in [0.4, 0.5) is 0 Å². The third-order valence-electron chi connectivity index (χ3n) is 1.15. The number of rotatable bonds is 2. The molecule has 0 bridgehead atoms. The monoisotopic (exact) mass is 172 g/mol. The van der Waals surface area contributed by atoms with Gasteiger partial charge in [-0.1, -0.05) is 6.07 Å². The van der Waals surface area contributed by atoms with Crippen molar-refractivity contribution < 1.29 is 13.9 Å². The molecule has 1 N–H and O–H groups in total. The van der Waals surface area contributed by atoms with Gasteiger partial charge in [-0.3, -0.25) is 4.21 Å². The zero-order chi connectivity index (χ0) is 8.27. The zero-order valence-corrected chi connectivity index (χ0v) is 6.37. The van der Waals surface area contributed by atoms with Gasteiger partial charge in [-0.25, -0.2) is 4.98 Å². The van der Waals surface area contributed by atoms with Crippen molar-refractivity contribution in [2.45, 2.75) is 11.6 Å². The zero-order valence-electron chi connectivity index (χ0n) is 5.56. The van der Waals surface area contributed by atoms with Crippen LogP contribution in [0.5, 0.6) is 0 Å². The van der Waals surface area contributed by atoms with Crippen molar-refractivity contribution >= 4 is 11.1 Å². The molecule has 0 aliphatic heterocycles. The lowest BCUT2D eigenvalue weighted by molar-refractivity contribution is 0.281. The maximum absolute atomic E-state index is 10.3. The Labute approximate surface area is 66.2 Å². The molecule has 0 aliphatic rings. The van der Waals surface area contributed by atoms with Gasteiger partial charge in [-0.2, -0.15) is 0 Å². The minimum absolute atomic E-state index is 0.0119. The topological polar surface area (TPSA) is 73.2 Å². The average molecular weight is 172 g/mol. The number of pyridine rings is 1. The van der Waals surface area contributed by atoms with Crippen LogP contribution >= 0.6 is 0 Å². The molecular weight excluding hydrogens is 166 g/mol. The van der Waals surface area contributed by atoms with Crippen LogP contribution in [0.15, 0.2) is 23.4 Å². The number of hydrogen-bond acceptors (Lipinski definition) is 4. The van der Waals surface area contributed by atoms with Crippen LogP contribution < -0.4 is 0 Å². The molecule has 4 nitrogen and oxygen atoms in total. The number of hydrogen-bond donors (Lipinski definition) is 1. The number of aliphatic hydroxyl groups excluding tert-OH is 1. The lowest BCUT2D eigenvalue weighted by Crippen LogP contribution is -1.94. The summed E-state index contributed by atoms with van der Waals surface area (Å²) in [5.41, 5.74) is 0.596. The molecule has 0 radical (unpaired) electrons. The van der Waals surface area contributed by atoms with E-state index in [2.05, 4.69) is 4.98 Å². The first-order chi connectivity index (χ1) is 5.24. The molecule has 0 spiro atoms. The van der Waals surface area contributed by atoms with Gasteiger partial charge in [0, 0.05) is 6.20 Å². The molecule has 1 unspecified atom stereocenters. The summed E-state index contributed by atoms with van der Waals surface area (Å²) >= 11 is -2.28.